The Bertz CT molecular complexity index is 1430. The number of benzene rings is 2. The first kappa shape index (κ1) is 28.5. The van der Waals surface area contributed by atoms with Crippen molar-refractivity contribution in [3.8, 4) is 17.1 Å². The molecule has 0 saturated heterocycles. The van der Waals surface area contributed by atoms with Gasteiger partial charge in [0.05, 0.1) is 16.2 Å². The molecule has 1 atom stereocenters. The van der Waals surface area contributed by atoms with E-state index < -0.39 is 16.0 Å². The van der Waals surface area contributed by atoms with Crippen LogP contribution in [0.4, 0.5) is 5.95 Å². The smallest absolute Gasteiger partial charge is 0.335 e. The molecule has 208 valence electrons. The standard InChI is InChI=1S/C29H36N4O5S/c1-18-12-22(28(34)35)15-24(13-18)39(36,37)33-29-31-25(27-19(2)8-7-9-20(27)3)16-26(32-29)38-17-23(30)14-21-10-5-4-6-11-21/h7-9,12-13,15-16,21,23H,4-6,10-11,14,17,30H2,1-3H3,(H,34,35)(H,31,32,33). The van der Waals surface area contributed by atoms with Crippen molar-refractivity contribution in [3.05, 3.63) is 64.7 Å². The van der Waals surface area contributed by atoms with Crippen molar-refractivity contribution in [1.29, 1.82) is 0 Å². The van der Waals surface area contributed by atoms with Gasteiger partial charge in [-0.1, -0.05) is 50.3 Å². The highest BCUT2D eigenvalue weighted by atomic mass is 32.2. The van der Waals surface area contributed by atoms with Crippen LogP contribution in [0, 0.1) is 26.7 Å². The number of aryl methyl sites for hydroxylation is 3. The third-order valence-electron chi connectivity index (χ3n) is 7.08. The molecule has 9 nitrogen and oxygen atoms in total. The number of aromatic nitrogens is 2. The molecule has 0 amide bonds. The summed E-state index contributed by atoms with van der Waals surface area (Å²) in [5, 5.41) is 9.38. The van der Waals surface area contributed by atoms with Crippen LogP contribution < -0.4 is 15.2 Å². The summed E-state index contributed by atoms with van der Waals surface area (Å²) in [6.07, 6.45) is 7.00. The Hall–Kier alpha value is -3.50. The van der Waals surface area contributed by atoms with E-state index in [1.807, 2.05) is 32.0 Å². The summed E-state index contributed by atoms with van der Waals surface area (Å²) in [6, 6.07) is 11.3. The SMILES string of the molecule is Cc1cc(C(=O)O)cc(S(=O)(=O)Nc2nc(OCC(N)CC3CCCCC3)cc(-c3c(C)cccc3C)n2)c1. The molecular weight excluding hydrogens is 516 g/mol. The Morgan fingerprint density at radius 3 is 2.44 bits per heavy atom. The lowest BCUT2D eigenvalue weighted by atomic mass is 9.85. The highest BCUT2D eigenvalue weighted by molar-refractivity contribution is 7.92. The number of rotatable bonds is 10. The second kappa shape index (κ2) is 12.1. The van der Waals surface area contributed by atoms with Crippen LogP contribution in [0.1, 0.15) is 65.6 Å². The Labute approximate surface area is 229 Å². The van der Waals surface area contributed by atoms with Gasteiger partial charge < -0.3 is 15.6 Å². The van der Waals surface area contributed by atoms with Crippen molar-refractivity contribution < 1.29 is 23.1 Å². The molecule has 0 spiro atoms. The van der Waals surface area contributed by atoms with E-state index in [9.17, 15) is 18.3 Å². The quantitative estimate of drug-likeness (QED) is 0.309. The normalized spacial score (nSPS) is 15.1. The zero-order valence-corrected chi connectivity index (χ0v) is 23.4. The summed E-state index contributed by atoms with van der Waals surface area (Å²) in [4.78, 5) is 20.1. The molecule has 39 heavy (non-hydrogen) atoms. The highest BCUT2D eigenvalue weighted by Crippen LogP contribution is 2.30. The third-order valence-corrected chi connectivity index (χ3v) is 8.39. The Morgan fingerprint density at radius 1 is 1.08 bits per heavy atom. The van der Waals surface area contributed by atoms with Gasteiger partial charge in [0.15, 0.2) is 0 Å². The summed E-state index contributed by atoms with van der Waals surface area (Å²) >= 11 is 0. The molecule has 2 aromatic carbocycles. The molecule has 10 heteroatoms. The number of nitrogens with one attached hydrogen (secondary N) is 1. The van der Waals surface area contributed by atoms with E-state index in [2.05, 4.69) is 14.7 Å². The largest absolute Gasteiger partial charge is 0.478 e. The maximum atomic E-state index is 13.3. The number of hydrogen-bond acceptors (Lipinski definition) is 7. The first-order valence-corrected chi connectivity index (χ1v) is 14.7. The van der Waals surface area contributed by atoms with E-state index in [0.29, 0.717) is 17.2 Å². The fourth-order valence-corrected chi connectivity index (χ4v) is 6.28. The fraction of sp³-hybridized carbons (Fsp3) is 0.414. The number of aromatic carboxylic acids is 1. The van der Waals surface area contributed by atoms with Gasteiger partial charge in [0, 0.05) is 17.7 Å². The van der Waals surface area contributed by atoms with E-state index in [-0.39, 0.29) is 34.9 Å². The Balaban J connectivity index is 1.64. The molecule has 0 bridgehead atoms. The van der Waals surface area contributed by atoms with Crippen molar-refractivity contribution in [2.24, 2.45) is 11.7 Å². The zero-order valence-electron chi connectivity index (χ0n) is 22.6. The lowest BCUT2D eigenvalue weighted by molar-refractivity contribution is 0.0696. The average Bonchev–Trinajstić information content (AvgIpc) is 2.87. The van der Waals surface area contributed by atoms with Crippen LogP contribution in [0.15, 0.2) is 47.4 Å². The topological polar surface area (TPSA) is 144 Å². The number of sulfonamides is 1. The molecule has 1 saturated carbocycles. The van der Waals surface area contributed by atoms with Crippen molar-refractivity contribution in [3.63, 3.8) is 0 Å². The number of anilines is 1. The number of carboxylic acids is 1. The molecule has 1 aromatic heterocycles. The van der Waals surface area contributed by atoms with E-state index >= 15 is 0 Å². The lowest BCUT2D eigenvalue weighted by Gasteiger charge is -2.24. The van der Waals surface area contributed by atoms with Crippen LogP contribution in [0.5, 0.6) is 5.88 Å². The van der Waals surface area contributed by atoms with E-state index in [1.165, 1.54) is 44.2 Å². The van der Waals surface area contributed by atoms with Crippen LogP contribution in [0.3, 0.4) is 0 Å². The minimum Gasteiger partial charge on any atom is -0.478 e. The highest BCUT2D eigenvalue weighted by Gasteiger charge is 2.22. The van der Waals surface area contributed by atoms with Crippen LogP contribution in [-0.4, -0.2) is 42.1 Å². The molecule has 4 rings (SSSR count). The second-order valence-electron chi connectivity index (χ2n) is 10.4. The van der Waals surface area contributed by atoms with E-state index in [1.54, 1.807) is 13.0 Å². The van der Waals surface area contributed by atoms with Crippen molar-refractivity contribution in [2.75, 3.05) is 11.3 Å². The minimum atomic E-state index is -4.20. The maximum absolute atomic E-state index is 13.3. The first-order chi connectivity index (χ1) is 18.5. The van der Waals surface area contributed by atoms with Gasteiger partial charge in [-0.05, 0) is 68.0 Å². The lowest BCUT2D eigenvalue weighted by Crippen LogP contribution is -2.31. The van der Waals surface area contributed by atoms with Gasteiger partial charge in [-0.3, -0.25) is 0 Å². The number of nitrogens with zero attached hydrogens (tertiary/aromatic N) is 2. The number of carbonyl (C=O) groups is 1. The molecule has 1 aliphatic rings. The number of hydrogen-bond donors (Lipinski definition) is 3. The second-order valence-corrected chi connectivity index (χ2v) is 12.1. The molecule has 4 N–H and O–H groups in total. The van der Waals surface area contributed by atoms with E-state index in [4.69, 9.17) is 10.5 Å². The molecule has 1 fully saturated rings. The molecule has 0 radical (unpaired) electrons. The number of ether oxygens (including phenoxy) is 1. The summed E-state index contributed by atoms with van der Waals surface area (Å²) in [5.74, 6) is -0.594. The van der Waals surface area contributed by atoms with Gasteiger partial charge >= 0.3 is 5.97 Å². The predicted octanol–water partition coefficient (Wildman–Crippen LogP) is 5.24. The molecule has 1 heterocycles. The summed E-state index contributed by atoms with van der Waals surface area (Å²) < 4.78 is 34.9. The van der Waals surface area contributed by atoms with Crippen LogP contribution in [0.25, 0.3) is 11.3 Å². The van der Waals surface area contributed by atoms with Crippen LogP contribution in [-0.2, 0) is 10.0 Å². The summed E-state index contributed by atoms with van der Waals surface area (Å²) in [6.45, 7) is 5.78. The van der Waals surface area contributed by atoms with Crippen molar-refractivity contribution >= 4 is 21.9 Å². The Kier molecular flexibility index (Phi) is 8.87. The van der Waals surface area contributed by atoms with Crippen LogP contribution >= 0.6 is 0 Å². The minimum absolute atomic E-state index is 0.128. The van der Waals surface area contributed by atoms with E-state index in [0.717, 1.165) is 29.2 Å². The molecule has 0 aliphatic heterocycles. The van der Waals surface area contributed by atoms with Crippen molar-refractivity contribution in [1.82, 2.24) is 9.97 Å². The number of nitrogens with two attached hydrogens (primary N) is 1. The third kappa shape index (κ3) is 7.33. The van der Waals surface area contributed by atoms with Gasteiger partial charge in [-0.25, -0.2) is 22.9 Å². The average molecular weight is 553 g/mol. The van der Waals surface area contributed by atoms with Crippen LogP contribution in [0.2, 0.25) is 0 Å². The molecule has 3 aromatic rings. The monoisotopic (exact) mass is 552 g/mol. The van der Waals surface area contributed by atoms with Gasteiger partial charge in [-0.2, -0.15) is 4.98 Å². The van der Waals surface area contributed by atoms with Gasteiger partial charge in [0.1, 0.15) is 6.61 Å². The van der Waals surface area contributed by atoms with Gasteiger partial charge in [-0.15, -0.1) is 0 Å². The summed E-state index contributed by atoms with van der Waals surface area (Å²) in [7, 11) is -4.20. The zero-order chi connectivity index (χ0) is 28.2. The summed E-state index contributed by atoms with van der Waals surface area (Å²) in [5.41, 5.74) is 10.0. The molecule has 1 aliphatic carbocycles. The van der Waals surface area contributed by atoms with Crippen molar-refractivity contribution in [2.45, 2.75) is 70.2 Å². The fourth-order valence-electron chi connectivity index (χ4n) is 5.21. The van der Waals surface area contributed by atoms with Gasteiger partial charge in [0.2, 0.25) is 11.8 Å². The Morgan fingerprint density at radius 2 is 1.77 bits per heavy atom. The predicted molar refractivity (Wildman–Crippen MR) is 151 cm³/mol. The molecule has 1 unspecified atom stereocenters. The van der Waals surface area contributed by atoms with Gasteiger partial charge in [0.25, 0.3) is 10.0 Å². The molecular formula is C29H36N4O5S. The maximum Gasteiger partial charge on any atom is 0.335 e. The first-order valence-electron chi connectivity index (χ1n) is 13.2. The number of carboxylic acid groups (broad SMARTS) is 1.